The minimum Gasteiger partial charge on any atom is -0.287 e. The lowest BCUT2D eigenvalue weighted by atomic mass is 10.1. The first-order valence-electron chi connectivity index (χ1n) is 5.65. The molecular weight excluding hydrogens is 316 g/mol. The largest absolute Gasteiger partial charge is 0.287 e. The first-order valence-corrected chi connectivity index (χ1v) is 6.82. The summed E-state index contributed by atoms with van der Waals surface area (Å²) in [5.74, 6) is -0.0738. The Morgan fingerprint density at radius 3 is 2.94 bits per heavy atom. The van der Waals surface area contributed by atoms with Crippen LogP contribution >= 0.6 is 27.5 Å². The minimum absolute atomic E-state index is 0.0738. The van der Waals surface area contributed by atoms with E-state index >= 15 is 0 Å². The Labute approximate surface area is 119 Å². The van der Waals surface area contributed by atoms with E-state index in [1.807, 2.05) is 6.92 Å². The van der Waals surface area contributed by atoms with Gasteiger partial charge in [-0.15, -0.1) is 0 Å². The van der Waals surface area contributed by atoms with Gasteiger partial charge in [0.2, 0.25) is 5.78 Å². The van der Waals surface area contributed by atoms with Gasteiger partial charge in [-0.3, -0.25) is 9.48 Å². The van der Waals surface area contributed by atoms with Crippen LogP contribution in [-0.2, 0) is 6.54 Å². The fourth-order valence-electron chi connectivity index (χ4n) is 1.73. The SMILES string of the molecule is CCCn1nccc1C(=O)c1cc(Cl)ccc1Br. The third kappa shape index (κ3) is 2.65. The van der Waals surface area contributed by atoms with E-state index in [4.69, 9.17) is 11.6 Å². The van der Waals surface area contributed by atoms with Gasteiger partial charge in [-0.2, -0.15) is 5.10 Å². The second-order valence-corrected chi connectivity index (χ2v) is 5.18. The lowest BCUT2D eigenvalue weighted by Crippen LogP contribution is -2.12. The smallest absolute Gasteiger partial charge is 0.212 e. The summed E-state index contributed by atoms with van der Waals surface area (Å²) in [5.41, 5.74) is 1.14. The van der Waals surface area contributed by atoms with Crippen LogP contribution in [0.3, 0.4) is 0 Å². The molecule has 0 N–H and O–H groups in total. The number of benzene rings is 1. The molecule has 2 aromatic rings. The Morgan fingerprint density at radius 2 is 2.22 bits per heavy atom. The van der Waals surface area contributed by atoms with Gasteiger partial charge in [0.15, 0.2) is 0 Å². The van der Waals surface area contributed by atoms with Gasteiger partial charge in [0.1, 0.15) is 5.69 Å². The van der Waals surface area contributed by atoms with Crippen molar-refractivity contribution in [2.24, 2.45) is 0 Å². The van der Waals surface area contributed by atoms with E-state index in [0.29, 0.717) is 16.3 Å². The predicted molar refractivity (Wildman–Crippen MR) is 75.1 cm³/mol. The maximum absolute atomic E-state index is 12.4. The average Bonchev–Trinajstić information content (AvgIpc) is 2.80. The molecule has 5 heteroatoms. The number of hydrogen-bond acceptors (Lipinski definition) is 2. The molecule has 0 aliphatic carbocycles. The van der Waals surface area contributed by atoms with Crippen LogP contribution in [0.5, 0.6) is 0 Å². The number of carbonyl (C=O) groups is 1. The van der Waals surface area contributed by atoms with Crippen molar-refractivity contribution in [3.8, 4) is 0 Å². The van der Waals surface area contributed by atoms with Crippen molar-refractivity contribution >= 4 is 33.3 Å². The van der Waals surface area contributed by atoms with Crippen LogP contribution in [0.15, 0.2) is 34.9 Å². The maximum Gasteiger partial charge on any atom is 0.212 e. The Morgan fingerprint density at radius 1 is 1.44 bits per heavy atom. The molecule has 1 aromatic carbocycles. The highest BCUT2D eigenvalue weighted by Gasteiger charge is 2.17. The van der Waals surface area contributed by atoms with Gasteiger partial charge in [0.25, 0.3) is 0 Å². The van der Waals surface area contributed by atoms with Gasteiger partial charge in [0, 0.05) is 27.8 Å². The third-order valence-electron chi connectivity index (χ3n) is 2.56. The number of hydrogen-bond donors (Lipinski definition) is 0. The van der Waals surface area contributed by atoms with Gasteiger partial charge >= 0.3 is 0 Å². The molecule has 0 fully saturated rings. The topological polar surface area (TPSA) is 34.9 Å². The highest BCUT2D eigenvalue weighted by Crippen LogP contribution is 2.23. The van der Waals surface area contributed by atoms with Crippen molar-refractivity contribution in [2.45, 2.75) is 19.9 Å². The molecule has 0 radical (unpaired) electrons. The standard InChI is InChI=1S/C13H12BrClN2O/c1-2-7-17-12(5-6-16-17)13(18)10-8-9(15)3-4-11(10)14/h3-6,8H,2,7H2,1H3. The lowest BCUT2D eigenvalue weighted by Gasteiger charge is -2.07. The van der Waals surface area contributed by atoms with Gasteiger partial charge in [-0.05, 0) is 30.7 Å². The molecule has 3 nitrogen and oxygen atoms in total. The molecule has 18 heavy (non-hydrogen) atoms. The van der Waals surface area contributed by atoms with Crippen LogP contribution in [0.4, 0.5) is 0 Å². The number of carbonyl (C=O) groups excluding carboxylic acids is 1. The predicted octanol–water partition coefficient (Wildman–Crippen LogP) is 3.94. The molecule has 0 amide bonds. The van der Waals surface area contributed by atoms with Crippen molar-refractivity contribution in [1.29, 1.82) is 0 Å². The molecule has 2 rings (SSSR count). The fraction of sp³-hybridized carbons (Fsp3) is 0.231. The van der Waals surface area contributed by atoms with E-state index in [1.54, 1.807) is 35.1 Å². The monoisotopic (exact) mass is 326 g/mol. The maximum atomic E-state index is 12.4. The quantitative estimate of drug-likeness (QED) is 0.797. The summed E-state index contributed by atoms with van der Waals surface area (Å²) in [7, 11) is 0. The summed E-state index contributed by atoms with van der Waals surface area (Å²) in [6, 6.07) is 6.91. The number of aryl methyl sites for hydroxylation is 1. The average molecular weight is 328 g/mol. The van der Waals surface area contributed by atoms with Crippen LogP contribution in [0.1, 0.15) is 29.4 Å². The Kier molecular flexibility index (Phi) is 4.19. The van der Waals surface area contributed by atoms with Crippen molar-refractivity contribution in [3.05, 3.63) is 51.2 Å². The van der Waals surface area contributed by atoms with Crippen LogP contribution in [0.25, 0.3) is 0 Å². The summed E-state index contributed by atoms with van der Waals surface area (Å²) < 4.78 is 2.46. The summed E-state index contributed by atoms with van der Waals surface area (Å²) in [6.45, 7) is 2.78. The molecule has 0 saturated carbocycles. The molecule has 0 unspecified atom stereocenters. The zero-order valence-electron chi connectivity index (χ0n) is 9.86. The first kappa shape index (κ1) is 13.3. The summed E-state index contributed by atoms with van der Waals surface area (Å²) in [5, 5.41) is 4.70. The normalized spacial score (nSPS) is 10.6. The molecular formula is C13H12BrClN2O. The van der Waals surface area contributed by atoms with Crippen molar-refractivity contribution in [2.75, 3.05) is 0 Å². The number of halogens is 2. The molecule has 0 aliphatic heterocycles. The van der Waals surface area contributed by atoms with Gasteiger partial charge in [0.05, 0.1) is 0 Å². The Balaban J connectivity index is 2.41. The van der Waals surface area contributed by atoms with Crippen molar-refractivity contribution < 1.29 is 4.79 Å². The Hall–Kier alpha value is -1.13. The van der Waals surface area contributed by atoms with E-state index in [-0.39, 0.29) is 5.78 Å². The minimum atomic E-state index is -0.0738. The van der Waals surface area contributed by atoms with E-state index in [9.17, 15) is 4.79 Å². The zero-order valence-corrected chi connectivity index (χ0v) is 12.2. The highest BCUT2D eigenvalue weighted by atomic mass is 79.9. The molecule has 1 aromatic heterocycles. The van der Waals surface area contributed by atoms with E-state index in [2.05, 4.69) is 21.0 Å². The zero-order chi connectivity index (χ0) is 13.1. The van der Waals surface area contributed by atoms with Gasteiger partial charge < -0.3 is 0 Å². The second-order valence-electron chi connectivity index (χ2n) is 3.89. The second kappa shape index (κ2) is 5.67. The van der Waals surface area contributed by atoms with Crippen LogP contribution in [-0.4, -0.2) is 15.6 Å². The summed E-state index contributed by atoms with van der Waals surface area (Å²) in [4.78, 5) is 12.4. The molecule has 94 valence electrons. The summed E-state index contributed by atoms with van der Waals surface area (Å²) >= 11 is 9.30. The first-order chi connectivity index (χ1) is 8.63. The molecule has 0 aliphatic rings. The molecule has 1 heterocycles. The molecule has 0 spiro atoms. The molecule has 0 bridgehead atoms. The lowest BCUT2D eigenvalue weighted by molar-refractivity contribution is 0.102. The van der Waals surface area contributed by atoms with E-state index in [1.165, 1.54) is 0 Å². The molecule has 0 atom stereocenters. The van der Waals surface area contributed by atoms with Crippen LogP contribution < -0.4 is 0 Å². The third-order valence-corrected chi connectivity index (χ3v) is 3.48. The highest BCUT2D eigenvalue weighted by molar-refractivity contribution is 9.10. The number of ketones is 1. The van der Waals surface area contributed by atoms with E-state index in [0.717, 1.165) is 17.4 Å². The number of nitrogens with zero attached hydrogens (tertiary/aromatic N) is 2. The van der Waals surface area contributed by atoms with Gasteiger partial charge in [-0.1, -0.05) is 34.5 Å². The number of aromatic nitrogens is 2. The van der Waals surface area contributed by atoms with E-state index < -0.39 is 0 Å². The van der Waals surface area contributed by atoms with Crippen molar-refractivity contribution in [1.82, 2.24) is 9.78 Å². The number of rotatable bonds is 4. The van der Waals surface area contributed by atoms with Crippen molar-refractivity contribution in [3.63, 3.8) is 0 Å². The molecule has 0 saturated heterocycles. The van der Waals surface area contributed by atoms with Crippen LogP contribution in [0, 0.1) is 0 Å². The fourth-order valence-corrected chi connectivity index (χ4v) is 2.32. The Bertz CT molecular complexity index is 580. The summed E-state index contributed by atoms with van der Waals surface area (Å²) in [6.07, 6.45) is 2.57. The van der Waals surface area contributed by atoms with Gasteiger partial charge in [-0.25, -0.2) is 0 Å². The van der Waals surface area contributed by atoms with Crippen LogP contribution in [0.2, 0.25) is 5.02 Å².